The average Bonchev–Trinajstić information content (AvgIpc) is 2.93. The molecule has 0 radical (unpaired) electrons. The number of aromatic nitrogens is 1. The van der Waals surface area contributed by atoms with Gasteiger partial charge in [-0.3, -0.25) is 0 Å². The van der Waals surface area contributed by atoms with Crippen LogP contribution in [0.2, 0.25) is 0 Å². The van der Waals surface area contributed by atoms with E-state index < -0.39 is 0 Å². The van der Waals surface area contributed by atoms with Crippen LogP contribution in [0.15, 0.2) is 42.6 Å². The second-order valence-corrected chi connectivity index (χ2v) is 5.36. The third-order valence-corrected chi connectivity index (χ3v) is 3.96. The van der Waals surface area contributed by atoms with Crippen molar-refractivity contribution in [2.75, 3.05) is 18.9 Å². The average molecular weight is 283 g/mol. The van der Waals surface area contributed by atoms with Crippen LogP contribution in [0, 0.1) is 0 Å². The summed E-state index contributed by atoms with van der Waals surface area (Å²) in [6.45, 7) is 3.78. The highest BCUT2D eigenvalue weighted by atomic mass is 16.5. The lowest BCUT2D eigenvalue weighted by molar-refractivity contribution is 0.299. The number of nitrogens with two attached hydrogens (primary N) is 1. The van der Waals surface area contributed by atoms with Gasteiger partial charge in [0.2, 0.25) is 0 Å². The Balaban J connectivity index is 1.96. The first kappa shape index (κ1) is 13.9. The van der Waals surface area contributed by atoms with E-state index in [-0.39, 0.29) is 12.0 Å². The van der Waals surface area contributed by atoms with Crippen molar-refractivity contribution in [1.29, 1.82) is 0 Å². The van der Waals surface area contributed by atoms with Crippen LogP contribution in [0.1, 0.15) is 36.4 Å². The summed E-state index contributed by atoms with van der Waals surface area (Å²) >= 11 is 0. The van der Waals surface area contributed by atoms with Crippen LogP contribution < -0.4 is 15.8 Å². The number of hydrogen-bond donors (Lipinski definition) is 2. The van der Waals surface area contributed by atoms with Gasteiger partial charge in [0.05, 0.1) is 6.61 Å². The molecule has 3 N–H and O–H groups in total. The van der Waals surface area contributed by atoms with E-state index in [1.54, 1.807) is 6.20 Å². The highest BCUT2D eigenvalue weighted by molar-refractivity contribution is 5.47. The van der Waals surface area contributed by atoms with Gasteiger partial charge in [-0.2, -0.15) is 0 Å². The van der Waals surface area contributed by atoms with Crippen LogP contribution in [-0.2, 0) is 0 Å². The largest absolute Gasteiger partial charge is 0.493 e. The minimum Gasteiger partial charge on any atom is -0.493 e. The molecule has 0 bridgehead atoms. The number of ether oxygens (including phenoxy) is 1. The van der Waals surface area contributed by atoms with Gasteiger partial charge in [-0.15, -0.1) is 0 Å². The summed E-state index contributed by atoms with van der Waals surface area (Å²) in [4.78, 5) is 4.23. The Morgan fingerprint density at radius 1 is 1.33 bits per heavy atom. The van der Waals surface area contributed by atoms with E-state index in [1.807, 2.05) is 18.2 Å². The minimum absolute atomic E-state index is 0.127. The fraction of sp³-hybridized carbons (Fsp3) is 0.353. The van der Waals surface area contributed by atoms with Gasteiger partial charge in [0.1, 0.15) is 11.6 Å². The van der Waals surface area contributed by atoms with Gasteiger partial charge in [-0.25, -0.2) is 4.98 Å². The molecule has 2 unspecified atom stereocenters. The summed E-state index contributed by atoms with van der Waals surface area (Å²) < 4.78 is 5.83. The third-order valence-electron chi connectivity index (χ3n) is 3.96. The molecule has 2 heterocycles. The van der Waals surface area contributed by atoms with E-state index in [9.17, 15) is 0 Å². The first-order valence-corrected chi connectivity index (χ1v) is 7.46. The van der Waals surface area contributed by atoms with Crippen LogP contribution in [0.3, 0.4) is 0 Å². The van der Waals surface area contributed by atoms with Gasteiger partial charge in [0.15, 0.2) is 0 Å². The van der Waals surface area contributed by atoms with E-state index >= 15 is 0 Å². The van der Waals surface area contributed by atoms with Crippen molar-refractivity contribution < 1.29 is 4.74 Å². The number of hydrogen-bond acceptors (Lipinski definition) is 4. The number of para-hydroxylation sites is 1. The molecular formula is C17H21N3O. The van der Waals surface area contributed by atoms with Crippen molar-refractivity contribution >= 4 is 5.82 Å². The summed E-state index contributed by atoms with van der Waals surface area (Å²) in [5, 5.41) is 3.61. The van der Waals surface area contributed by atoms with E-state index in [4.69, 9.17) is 10.5 Å². The normalized spacial score (nSPS) is 18.0. The summed E-state index contributed by atoms with van der Waals surface area (Å²) in [6, 6.07) is 12.4. The third kappa shape index (κ3) is 2.72. The van der Waals surface area contributed by atoms with Crippen molar-refractivity contribution in [3.63, 3.8) is 0 Å². The molecule has 1 aromatic heterocycles. The molecule has 2 aromatic rings. The Bertz CT molecular complexity index is 614. The van der Waals surface area contributed by atoms with Crippen molar-refractivity contribution in [2.45, 2.75) is 25.3 Å². The zero-order valence-corrected chi connectivity index (χ0v) is 12.3. The molecule has 1 aliphatic heterocycles. The van der Waals surface area contributed by atoms with Crippen molar-refractivity contribution in [1.82, 2.24) is 10.3 Å². The van der Waals surface area contributed by atoms with Gasteiger partial charge in [-0.1, -0.05) is 31.2 Å². The lowest BCUT2D eigenvalue weighted by Gasteiger charge is -2.25. The molecular weight excluding hydrogens is 262 g/mol. The minimum atomic E-state index is 0.127. The molecule has 0 fully saturated rings. The Morgan fingerprint density at radius 2 is 2.19 bits per heavy atom. The SMILES string of the molecule is CCCNC(c1cccnc1N)C1COc2ccccc21. The number of nitrogen functional groups attached to an aromatic ring is 1. The molecule has 21 heavy (non-hydrogen) atoms. The quantitative estimate of drug-likeness (QED) is 0.886. The number of nitrogens with one attached hydrogen (secondary N) is 1. The first-order chi connectivity index (χ1) is 10.3. The number of fused-ring (bicyclic) bond motifs is 1. The molecule has 0 saturated carbocycles. The Morgan fingerprint density at radius 3 is 3.00 bits per heavy atom. The second kappa shape index (κ2) is 6.14. The highest BCUT2D eigenvalue weighted by Crippen LogP contribution is 2.41. The fourth-order valence-electron chi connectivity index (χ4n) is 2.93. The van der Waals surface area contributed by atoms with Crippen molar-refractivity contribution in [2.24, 2.45) is 0 Å². The van der Waals surface area contributed by atoms with Gasteiger partial charge in [0, 0.05) is 29.3 Å². The number of rotatable bonds is 5. The smallest absolute Gasteiger partial charge is 0.128 e. The van der Waals surface area contributed by atoms with E-state index in [0.29, 0.717) is 12.4 Å². The van der Waals surface area contributed by atoms with Crippen LogP contribution in [0.25, 0.3) is 0 Å². The Kier molecular flexibility index (Phi) is 4.06. The summed E-state index contributed by atoms with van der Waals surface area (Å²) in [5.41, 5.74) is 8.39. The maximum absolute atomic E-state index is 6.09. The van der Waals surface area contributed by atoms with Crippen molar-refractivity contribution in [3.05, 3.63) is 53.7 Å². The monoisotopic (exact) mass is 283 g/mol. The van der Waals surface area contributed by atoms with E-state index in [0.717, 1.165) is 24.3 Å². The predicted molar refractivity (Wildman–Crippen MR) is 84.4 cm³/mol. The van der Waals surface area contributed by atoms with Crippen LogP contribution in [0.4, 0.5) is 5.82 Å². The molecule has 4 nitrogen and oxygen atoms in total. The zero-order chi connectivity index (χ0) is 14.7. The molecule has 0 spiro atoms. The zero-order valence-electron chi connectivity index (χ0n) is 12.3. The molecule has 2 atom stereocenters. The topological polar surface area (TPSA) is 60.2 Å². The first-order valence-electron chi connectivity index (χ1n) is 7.46. The molecule has 4 heteroatoms. The van der Waals surface area contributed by atoms with Crippen LogP contribution in [0.5, 0.6) is 5.75 Å². The second-order valence-electron chi connectivity index (χ2n) is 5.36. The van der Waals surface area contributed by atoms with Gasteiger partial charge in [-0.05, 0) is 25.1 Å². The molecule has 0 amide bonds. The lowest BCUT2D eigenvalue weighted by atomic mass is 9.88. The lowest BCUT2D eigenvalue weighted by Crippen LogP contribution is -2.29. The molecule has 1 aromatic carbocycles. The molecule has 0 aliphatic carbocycles. The number of anilines is 1. The standard InChI is InChI=1S/C17H21N3O/c1-2-9-19-16(13-7-5-10-20-17(13)18)14-11-21-15-8-4-3-6-12(14)15/h3-8,10,14,16,19H,2,9,11H2,1H3,(H2,18,20). The van der Waals surface area contributed by atoms with Crippen LogP contribution >= 0.6 is 0 Å². The van der Waals surface area contributed by atoms with E-state index in [1.165, 1.54) is 5.56 Å². The Labute approximate surface area is 125 Å². The maximum Gasteiger partial charge on any atom is 0.128 e. The summed E-state index contributed by atoms with van der Waals surface area (Å²) in [7, 11) is 0. The molecule has 3 rings (SSSR count). The van der Waals surface area contributed by atoms with Gasteiger partial charge in [0.25, 0.3) is 0 Å². The molecule has 110 valence electrons. The van der Waals surface area contributed by atoms with Crippen molar-refractivity contribution in [3.8, 4) is 5.75 Å². The predicted octanol–water partition coefficient (Wildman–Crippen LogP) is 2.88. The molecule has 1 aliphatic rings. The maximum atomic E-state index is 6.09. The van der Waals surface area contributed by atoms with Gasteiger partial charge < -0.3 is 15.8 Å². The highest BCUT2D eigenvalue weighted by Gasteiger charge is 2.32. The van der Waals surface area contributed by atoms with Crippen LogP contribution in [-0.4, -0.2) is 18.1 Å². The summed E-state index contributed by atoms with van der Waals surface area (Å²) in [5.74, 6) is 1.84. The fourth-order valence-corrected chi connectivity index (χ4v) is 2.93. The van der Waals surface area contributed by atoms with Gasteiger partial charge >= 0.3 is 0 Å². The molecule has 0 saturated heterocycles. The Hall–Kier alpha value is -2.07. The summed E-state index contributed by atoms with van der Waals surface area (Å²) in [6.07, 6.45) is 2.81. The van der Waals surface area contributed by atoms with E-state index in [2.05, 4.69) is 35.4 Å². The number of nitrogens with zero attached hydrogens (tertiary/aromatic N) is 1. The number of benzene rings is 1. The number of pyridine rings is 1.